The number of aromatic nitrogens is 5. The summed E-state index contributed by atoms with van der Waals surface area (Å²) in [5, 5.41) is 8.37. The lowest BCUT2D eigenvalue weighted by Gasteiger charge is -1.98. The van der Waals surface area contributed by atoms with Gasteiger partial charge < -0.3 is 4.98 Å². The number of nitrogens with zero attached hydrogens (tertiary/aromatic N) is 3. The molecule has 0 aromatic carbocycles. The van der Waals surface area contributed by atoms with Crippen molar-refractivity contribution in [1.82, 2.24) is 25.1 Å². The number of amides is 1. The first-order valence-electron chi connectivity index (χ1n) is 3.97. The minimum atomic E-state index is -0.530. The molecule has 2 rings (SSSR count). The van der Waals surface area contributed by atoms with E-state index in [-0.39, 0.29) is 11.6 Å². The first-order valence-corrected chi connectivity index (χ1v) is 3.97. The fraction of sp³-hybridized carbons (Fsp3) is 0. The Kier molecular flexibility index (Phi) is 2.23. The highest BCUT2D eigenvalue weighted by atomic mass is 16.2. The van der Waals surface area contributed by atoms with Crippen LogP contribution in [0.5, 0.6) is 0 Å². The fourth-order valence-electron chi connectivity index (χ4n) is 0.930. The zero-order valence-corrected chi connectivity index (χ0v) is 7.39. The molecule has 0 saturated heterocycles. The molecule has 76 valence electrons. The number of nitrogens with one attached hydrogen (secondary N) is 3. The Morgan fingerprint density at radius 1 is 1.40 bits per heavy atom. The Hall–Kier alpha value is -2.51. The van der Waals surface area contributed by atoms with Gasteiger partial charge in [0, 0.05) is 6.07 Å². The summed E-state index contributed by atoms with van der Waals surface area (Å²) in [5.41, 5.74) is -0.386. The van der Waals surface area contributed by atoms with Crippen LogP contribution in [0.2, 0.25) is 0 Å². The Bertz CT molecular complexity index is 516. The standard InChI is InChI=1S/C7H6N6O2/c14-5-1-4(8-2-9-5)6(15)12-7-10-3-11-13-7/h1-3H,(H,8,9,14)(H2,10,11,12,13,15). The molecule has 1 amide bonds. The zero-order valence-electron chi connectivity index (χ0n) is 7.39. The minimum absolute atomic E-state index is 0.00940. The summed E-state index contributed by atoms with van der Waals surface area (Å²) in [6, 6.07) is 1.09. The van der Waals surface area contributed by atoms with E-state index < -0.39 is 11.5 Å². The first kappa shape index (κ1) is 9.06. The third-order valence-electron chi connectivity index (χ3n) is 1.56. The van der Waals surface area contributed by atoms with E-state index in [1.165, 1.54) is 6.33 Å². The molecular weight excluding hydrogens is 200 g/mol. The fourth-order valence-corrected chi connectivity index (χ4v) is 0.930. The molecule has 0 aliphatic rings. The van der Waals surface area contributed by atoms with Crippen molar-refractivity contribution < 1.29 is 4.79 Å². The number of H-pyrrole nitrogens is 2. The van der Waals surface area contributed by atoms with Gasteiger partial charge in [-0.1, -0.05) is 0 Å². The number of hydrogen-bond acceptors (Lipinski definition) is 5. The summed E-state index contributed by atoms with van der Waals surface area (Å²) in [6.45, 7) is 0. The van der Waals surface area contributed by atoms with E-state index in [0.29, 0.717) is 0 Å². The van der Waals surface area contributed by atoms with Crippen LogP contribution in [0.1, 0.15) is 10.5 Å². The van der Waals surface area contributed by atoms with Crippen molar-refractivity contribution in [2.75, 3.05) is 5.32 Å². The number of hydrogen-bond donors (Lipinski definition) is 3. The number of aromatic amines is 2. The predicted octanol–water partition coefficient (Wildman–Crippen LogP) is -0.860. The van der Waals surface area contributed by atoms with E-state index in [1.807, 2.05) is 0 Å². The van der Waals surface area contributed by atoms with Crippen molar-refractivity contribution in [3.8, 4) is 0 Å². The van der Waals surface area contributed by atoms with Gasteiger partial charge in [0.25, 0.3) is 11.5 Å². The topological polar surface area (TPSA) is 116 Å². The van der Waals surface area contributed by atoms with Gasteiger partial charge in [0.05, 0.1) is 6.33 Å². The van der Waals surface area contributed by atoms with Crippen molar-refractivity contribution >= 4 is 11.9 Å². The third kappa shape index (κ3) is 2.05. The van der Waals surface area contributed by atoms with E-state index in [0.717, 1.165) is 12.4 Å². The first-order chi connectivity index (χ1) is 7.25. The van der Waals surface area contributed by atoms with Crippen LogP contribution in [-0.4, -0.2) is 31.1 Å². The number of carbonyl (C=O) groups excluding carboxylic acids is 1. The lowest BCUT2D eigenvalue weighted by molar-refractivity contribution is 0.102. The van der Waals surface area contributed by atoms with E-state index >= 15 is 0 Å². The van der Waals surface area contributed by atoms with Crippen molar-refractivity contribution in [3.05, 3.63) is 34.8 Å². The van der Waals surface area contributed by atoms with Gasteiger partial charge in [-0.3, -0.25) is 14.9 Å². The van der Waals surface area contributed by atoms with Gasteiger partial charge in [0.2, 0.25) is 5.95 Å². The van der Waals surface area contributed by atoms with Crippen molar-refractivity contribution in [1.29, 1.82) is 0 Å². The van der Waals surface area contributed by atoms with Crippen LogP contribution in [0.3, 0.4) is 0 Å². The quantitative estimate of drug-likeness (QED) is 0.591. The Labute approximate surface area is 82.8 Å². The largest absolute Gasteiger partial charge is 0.313 e. The average molecular weight is 206 g/mol. The molecule has 0 aliphatic carbocycles. The Balaban J connectivity index is 2.18. The molecule has 15 heavy (non-hydrogen) atoms. The molecule has 2 aromatic heterocycles. The predicted molar refractivity (Wildman–Crippen MR) is 49.2 cm³/mol. The van der Waals surface area contributed by atoms with E-state index in [9.17, 15) is 9.59 Å². The van der Waals surface area contributed by atoms with Crippen LogP contribution in [-0.2, 0) is 0 Å². The van der Waals surface area contributed by atoms with E-state index in [4.69, 9.17) is 0 Å². The van der Waals surface area contributed by atoms with Gasteiger partial charge in [-0.25, -0.2) is 10.1 Å². The maximum Gasteiger partial charge on any atom is 0.276 e. The second-order valence-electron chi connectivity index (χ2n) is 2.58. The van der Waals surface area contributed by atoms with Crippen LogP contribution < -0.4 is 10.9 Å². The van der Waals surface area contributed by atoms with Gasteiger partial charge in [-0.05, 0) is 0 Å². The highest BCUT2D eigenvalue weighted by Gasteiger charge is 2.08. The van der Waals surface area contributed by atoms with E-state index in [1.54, 1.807) is 0 Å². The van der Waals surface area contributed by atoms with Crippen molar-refractivity contribution in [3.63, 3.8) is 0 Å². The molecule has 2 heterocycles. The Morgan fingerprint density at radius 3 is 2.93 bits per heavy atom. The van der Waals surface area contributed by atoms with Gasteiger partial charge in [-0.2, -0.15) is 10.1 Å². The average Bonchev–Trinajstić information content (AvgIpc) is 2.70. The molecule has 0 unspecified atom stereocenters. The highest BCUT2D eigenvalue weighted by molar-refractivity contribution is 6.01. The molecule has 0 bridgehead atoms. The summed E-state index contributed by atoms with van der Waals surface area (Å²) in [5.74, 6) is -0.333. The van der Waals surface area contributed by atoms with E-state index in [2.05, 4.69) is 30.5 Å². The molecule has 0 saturated carbocycles. The SMILES string of the molecule is O=C(Nc1ncn[nH]1)c1cc(=O)[nH]cn1. The van der Waals surface area contributed by atoms with Gasteiger partial charge in [0.15, 0.2) is 0 Å². The van der Waals surface area contributed by atoms with Gasteiger partial charge >= 0.3 is 0 Å². The number of anilines is 1. The van der Waals surface area contributed by atoms with Crippen molar-refractivity contribution in [2.24, 2.45) is 0 Å². The maximum absolute atomic E-state index is 11.5. The molecule has 2 aromatic rings. The van der Waals surface area contributed by atoms with Gasteiger partial charge in [-0.15, -0.1) is 0 Å². The summed E-state index contributed by atoms with van der Waals surface area (Å²) < 4.78 is 0. The number of rotatable bonds is 2. The highest BCUT2D eigenvalue weighted by Crippen LogP contribution is 1.96. The molecule has 0 atom stereocenters. The molecular formula is C7H6N6O2. The maximum atomic E-state index is 11.5. The van der Waals surface area contributed by atoms with Crippen LogP contribution in [0.15, 0.2) is 23.5 Å². The smallest absolute Gasteiger partial charge is 0.276 e. The van der Waals surface area contributed by atoms with Crippen LogP contribution >= 0.6 is 0 Å². The summed E-state index contributed by atoms with van der Waals surface area (Å²) in [4.78, 5) is 32.0. The molecule has 0 spiro atoms. The molecule has 0 radical (unpaired) electrons. The molecule has 8 heteroatoms. The molecule has 8 nitrogen and oxygen atoms in total. The lowest BCUT2D eigenvalue weighted by Crippen LogP contribution is -2.18. The summed E-state index contributed by atoms with van der Waals surface area (Å²) >= 11 is 0. The third-order valence-corrected chi connectivity index (χ3v) is 1.56. The summed E-state index contributed by atoms with van der Waals surface area (Å²) in [7, 11) is 0. The molecule has 0 aliphatic heterocycles. The molecule has 3 N–H and O–H groups in total. The number of carbonyl (C=O) groups is 1. The molecule has 0 fully saturated rings. The van der Waals surface area contributed by atoms with Crippen LogP contribution in [0.4, 0.5) is 5.95 Å². The minimum Gasteiger partial charge on any atom is -0.313 e. The van der Waals surface area contributed by atoms with Gasteiger partial charge in [0.1, 0.15) is 12.0 Å². The zero-order chi connectivity index (χ0) is 10.7. The van der Waals surface area contributed by atoms with Crippen LogP contribution in [0, 0.1) is 0 Å². The second-order valence-corrected chi connectivity index (χ2v) is 2.58. The van der Waals surface area contributed by atoms with Crippen LogP contribution in [0.25, 0.3) is 0 Å². The monoisotopic (exact) mass is 206 g/mol. The van der Waals surface area contributed by atoms with Crippen molar-refractivity contribution in [2.45, 2.75) is 0 Å². The normalized spacial score (nSPS) is 9.87. The lowest BCUT2D eigenvalue weighted by atomic mass is 10.4. The summed E-state index contributed by atoms with van der Waals surface area (Å²) in [6.07, 6.45) is 2.40. The second kappa shape index (κ2) is 3.70. The Morgan fingerprint density at radius 2 is 2.27 bits per heavy atom.